The molecule has 0 saturated heterocycles. The molecule has 0 aromatic carbocycles. The van der Waals surface area contributed by atoms with Gasteiger partial charge in [-0.05, 0) is 33.1 Å². The van der Waals surface area contributed by atoms with E-state index in [0.717, 1.165) is 23.7 Å². The van der Waals surface area contributed by atoms with Gasteiger partial charge in [-0.1, -0.05) is 13.8 Å². The normalized spacial score (nSPS) is 12.0. The average Bonchev–Trinajstić information content (AvgIpc) is 2.56. The van der Waals surface area contributed by atoms with Crippen molar-refractivity contribution < 1.29 is 0 Å². The molecule has 0 radical (unpaired) electrons. The highest BCUT2D eigenvalue weighted by molar-refractivity contribution is 7.71. The van der Waals surface area contributed by atoms with Gasteiger partial charge in [0.2, 0.25) is 0 Å². The zero-order valence-corrected chi connectivity index (χ0v) is 11.6. The van der Waals surface area contributed by atoms with E-state index in [1.54, 1.807) is 0 Å². The third kappa shape index (κ3) is 3.15. The number of nitrogens with one attached hydrogen (secondary N) is 1. The van der Waals surface area contributed by atoms with Crippen LogP contribution in [0, 0.1) is 4.77 Å². The van der Waals surface area contributed by atoms with Crippen molar-refractivity contribution in [3.05, 3.63) is 10.6 Å². The summed E-state index contributed by atoms with van der Waals surface area (Å²) >= 11 is 5.24. The van der Waals surface area contributed by atoms with E-state index in [0.29, 0.717) is 12.0 Å². The SMILES string of the molecule is CC(C)c1n[nH]c(=S)n1CCN(C)C(C)C. The lowest BCUT2D eigenvalue weighted by Gasteiger charge is -2.21. The molecule has 1 rings (SSSR count). The molecule has 0 saturated carbocycles. The van der Waals surface area contributed by atoms with Crippen LogP contribution in [-0.2, 0) is 6.54 Å². The van der Waals surface area contributed by atoms with Crippen LogP contribution < -0.4 is 0 Å². The fourth-order valence-electron chi connectivity index (χ4n) is 1.50. The van der Waals surface area contributed by atoms with Crippen molar-refractivity contribution >= 4 is 12.2 Å². The van der Waals surface area contributed by atoms with E-state index in [2.05, 4.69) is 54.4 Å². The molecule has 4 nitrogen and oxygen atoms in total. The van der Waals surface area contributed by atoms with Crippen LogP contribution in [0.15, 0.2) is 0 Å². The minimum atomic E-state index is 0.400. The molecule has 0 fully saturated rings. The first-order valence-corrected chi connectivity index (χ1v) is 6.19. The first-order chi connectivity index (χ1) is 7.43. The second-order valence-electron chi connectivity index (χ2n) is 4.77. The minimum Gasteiger partial charge on any atom is -0.303 e. The molecule has 1 aromatic heterocycles. The molecule has 1 N–H and O–H groups in total. The molecule has 0 spiro atoms. The van der Waals surface area contributed by atoms with Crippen molar-refractivity contribution in [1.82, 2.24) is 19.7 Å². The molecule has 5 heteroatoms. The summed E-state index contributed by atoms with van der Waals surface area (Å²) in [4.78, 5) is 2.30. The summed E-state index contributed by atoms with van der Waals surface area (Å²) in [5.41, 5.74) is 0. The van der Waals surface area contributed by atoms with Gasteiger partial charge in [0.05, 0.1) is 0 Å². The lowest BCUT2D eigenvalue weighted by Crippen LogP contribution is -2.30. The molecule has 0 aliphatic carbocycles. The Hall–Kier alpha value is -0.680. The largest absolute Gasteiger partial charge is 0.303 e. The number of hydrogen-bond donors (Lipinski definition) is 1. The van der Waals surface area contributed by atoms with Crippen molar-refractivity contribution in [3.8, 4) is 0 Å². The molecule has 0 amide bonds. The van der Waals surface area contributed by atoms with Gasteiger partial charge in [0.1, 0.15) is 5.82 Å². The molecule has 0 unspecified atom stereocenters. The minimum absolute atomic E-state index is 0.400. The lowest BCUT2D eigenvalue weighted by atomic mass is 10.2. The van der Waals surface area contributed by atoms with Crippen LogP contribution in [0.3, 0.4) is 0 Å². The number of nitrogens with zero attached hydrogens (tertiary/aromatic N) is 3. The number of aromatic nitrogens is 3. The van der Waals surface area contributed by atoms with Crippen molar-refractivity contribution in [2.45, 2.75) is 46.2 Å². The third-order valence-corrected chi connectivity index (χ3v) is 3.17. The Morgan fingerprint density at radius 1 is 1.38 bits per heavy atom. The third-order valence-electron chi connectivity index (χ3n) is 2.86. The van der Waals surface area contributed by atoms with Gasteiger partial charge >= 0.3 is 0 Å². The fraction of sp³-hybridized carbons (Fsp3) is 0.818. The van der Waals surface area contributed by atoms with E-state index >= 15 is 0 Å². The Kier molecular flexibility index (Phi) is 4.68. The van der Waals surface area contributed by atoms with Gasteiger partial charge in [-0.3, -0.25) is 5.10 Å². The first-order valence-electron chi connectivity index (χ1n) is 5.78. The summed E-state index contributed by atoms with van der Waals surface area (Å²) in [5, 5.41) is 7.13. The highest BCUT2D eigenvalue weighted by Crippen LogP contribution is 2.11. The van der Waals surface area contributed by atoms with Gasteiger partial charge in [0.15, 0.2) is 4.77 Å². The molecule has 92 valence electrons. The number of rotatable bonds is 5. The average molecular weight is 242 g/mol. The molecular formula is C11H22N4S. The van der Waals surface area contributed by atoms with Crippen molar-refractivity contribution in [3.63, 3.8) is 0 Å². The monoisotopic (exact) mass is 242 g/mol. The van der Waals surface area contributed by atoms with E-state index in [1.165, 1.54) is 0 Å². The van der Waals surface area contributed by atoms with Crippen molar-refractivity contribution in [2.24, 2.45) is 0 Å². The molecular weight excluding hydrogens is 220 g/mol. The van der Waals surface area contributed by atoms with E-state index in [9.17, 15) is 0 Å². The number of hydrogen-bond acceptors (Lipinski definition) is 3. The van der Waals surface area contributed by atoms with Crippen molar-refractivity contribution in [1.29, 1.82) is 0 Å². The predicted octanol–water partition coefficient (Wildman–Crippen LogP) is 2.40. The van der Waals surface area contributed by atoms with Crippen LogP contribution in [0.2, 0.25) is 0 Å². The second kappa shape index (κ2) is 5.59. The van der Waals surface area contributed by atoms with E-state index in [4.69, 9.17) is 12.2 Å². The first kappa shape index (κ1) is 13.4. The fourth-order valence-corrected chi connectivity index (χ4v) is 1.73. The Morgan fingerprint density at radius 2 is 2.00 bits per heavy atom. The van der Waals surface area contributed by atoms with E-state index in [1.807, 2.05) is 0 Å². The maximum Gasteiger partial charge on any atom is 0.195 e. The zero-order chi connectivity index (χ0) is 12.3. The Balaban J connectivity index is 2.73. The van der Waals surface area contributed by atoms with Crippen LogP contribution >= 0.6 is 12.2 Å². The Morgan fingerprint density at radius 3 is 2.50 bits per heavy atom. The molecule has 1 aromatic rings. The van der Waals surface area contributed by atoms with E-state index in [-0.39, 0.29) is 0 Å². The summed E-state index contributed by atoms with van der Waals surface area (Å²) in [6.45, 7) is 10.5. The van der Waals surface area contributed by atoms with Crippen molar-refractivity contribution in [2.75, 3.05) is 13.6 Å². The topological polar surface area (TPSA) is 36.9 Å². The maximum absolute atomic E-state index is 5.24. The highest BCUT2D eigenvalue weighted by atomic mass is 32.1. The van der Waals surface area contributed by atoms with Crippen LogP contribution in [0.4, 0.5) is 0 Å². The van der Waals surface area contributed by atoms with Crippen LogP contribution in [-0.4, -0.2) is 39.3 Å². The maximum atomic E-state index is 5.24. The molecule has 0 aliphatic heterocycles. The summed E-state index contributed by atoms with van der Waals surface area (Å²) in [6.07, 6.45) is 0. The van der Waals surface area contributed by atoms with Gasteiger partial charge in [0.25, 0.3) is 0 Å². The molecule has 16 heavy (non-hydrogen) atoms. The summed E-state index contributed by atoms with van der Waals surface area (Å²) in [5.74, 6) is 1.44. The number of likely N-dealkylation sites (N-methyl/N-ethyl adjacent to an activating group) is 1. The van der Waals surface area contributed by atoms with Crippen LogP contribution in [0.25, 0.3) is 0 Å². The number of H-pyrrole nitrogens is 1. The summed E-state index contributed by atoms with van der Waals surface area (Å²) in [6, 6.07) is 0.559. The quantitative estimate of drug-likeness (QED) is 0.806. The van der Waals surface area contributed by atoms with Gasteiger partial charge in [-0.15, -0.1) is 0 Å². The lowest BCUT2D eigenvalue weighted by molar-refractivity contribution is 0.261. The highest BCUT2D eigenvalue weighted by Gasteiger charge is 2.11. The number of aromatic amines is 1. The van der Waals surface area contributed by atoms with E-state index < -0.39 is 0 Å². The summed E-state index contributed by atoms with van der Waals surface area (Å²) < 4.78 is 2.82. The van der Waals surface area contributed by atoms with Gasteiger partial charge in [-0.2, -0.15) is 5.10 Å². The Bertz CT molecular complexity index is 378. The van der Waals surface area contributed by atoms with Gasteiger partial charge in [0, 0.05) is 25.0 Å². The smallest absolute Gasteiger partial charge is 0.195 e. The van der Waals surface area contributed by atoms with Crippen LogP contribution in [0.5, 0.6) is 0 Å². The predicted molar refractivity (Wildman–Crippen MR) is 69.3 cm³/mol. The van der Waals surface area contributed by atoms with Crippen LogP contribution in [0.1, 0.15) is 39.4 Å². The summed E-state index contributed by atoms with van der Waals surface area (Å²) in [7, 11) is 2.13. The second-order valence-corrected chi connectivity index (χ2v) is 5.15. The molecule has 0 atom stereocenters. The zero-order valence-electron chi connectivity index (χ0n) is 10.8. The van der Waals surface area contributed by atoms with Gasteiger partial charge < -0.3 is 9.47 Å². The Labute approximate surface area is 103 Å². The molecule has 0 aliphatic rings. The molecule has 0 bridgehead atoms. The van der Waals surface area contributed by atoms with Gasteiger partial charge in [-0.25, -0.2) is 0 Å². The standard InChI is InChI=1S/C11H22N4S/c1-8(2)10-12-13-11(16)15(10)7-6-14(5)9(3)4/h8-9H,6-7H2,1-5H3,(H,13,16). The molecule has 1 heterocycles.